The van der Waals surface area contributed by atoms with Crippen molar-refractivity contribution in [2.75, 3.05) is 13.7 Å². The molecule has 3 rings (SSSR count). The van der Waals surface area contributed by atoms with Gasteiger partial charge >= 0.3 is 0 Å². The lowest BCUT2D eigenvalue weighted by Crippen LogP contribution is -2.34. The maximum atomic E-state index is 12.9. The Labute approximate surface area is 136 Å². The molecule has 0 aliphatic carbocycles. The van der Waals surface area contributed by atoms with Gasteiger partial charge in [-0.2, -0.15) is 5.10 Å². The Morgan fingerprint density at radius 3 is 2.65 bits per heavy atom. The van der Waals surface area contributed by atoms with Gasteiger partial charge in [0, 0.05) is 19.8 Å². The summed E-state index contributed by atoms with van der Waals surface area (Å²) < 4.78 is 6.91. The van der Waals surface area contributed by atoms with E-state index in [0.717, 1.165) is 31.6 Å². The van der Waals surface area contributed by atoms with Crippen LogP contribution in [0, 0.1) is 0 Å². The summed E-state index contributed by atoms with van der Waals surface area (Å²) in [7, 11) is 3.50. The van der Waals surface area contributed by atoms with Crippen molar-refractivity contribution < 1.29 is 9.53 Å². The lowest BCUT2D eigenvalue weighted by molar-refractivity contribution is 0.0681. The van der Waals surface area contributed by atoms with Crippen LogP contribution < -0.4 is 4.74 Å². The Bertz CT molecular complexity index is 663. The second-order valence-electron chi connectivity index (χ2n) is 6.04. The van der Waals surface area contributed by atoms with Crippen LogP contribution in [0.5, 0.6) is 5.75 Å². The molecule has 1 aliphatic rings. The Morgan fingerprint density at radius 1 is 1.22 bits per heavy atom. The van der Waals surface area contributed by atoms with Gasteiger partial charge in [-0.1, -0.05) is 25.0 Å². The molecule has 2 aromatic rings. The molecular formula is C18H23N3O2. The van der Waals surface area contributed by atoms with Crippen LogP contribution in [0.15, 0.2) is 36.7 Å². The summed E-state index contributed by atoms with van der Waals surface area (Å²) in [6.07, 6.45) is 7.81. The fourth-order valence-corrected chi connectivity index (χ4v) is 3.22. The van der Waals surface area contributed by atoms with Gasteiger partial charge < -0.3 is 9.64 Å². The summed E-state index contributed by atoms with van der Waals surface area (Å²) in [6, 6.07) is 8.19. The summed E-state index contributed by atoms with van der Waals surface area (Å²) in [4.78, 5) is 14.9. The predicted octanol–water partition coefficient (Wildman–Crippen LogP) is 3.19. The molecule has 2 heterocycles. The molecule has 5 heteroatoms. The van der Waals surface area contributed by atoms with E-state index in [9.17, 15) is 4.79 Å². The van der Waals surface area contributed by atoms with E-state index in [-0.39, 0.29) is 11.9 Å². The second kappa shape index (κ2) is 6.86. The first kappa shape index (κ1) is 15.6. The van der Waals surface area contributed by atoms with Gasteiger partial charge in [0.15, 0.2) is 0 Å². The quantitative estimate of drug-likeness (QED) is 0.874. The Morgan fingerprint density at radius 2 is 2.00 bits per heavy atom. The summed E-state index contributed by atoms with van der Waals surface area (Å²) in [5, 5.41) is 4.13. The zero-order valence-electron chi connectivity index (χ0n) is 13.7. The Balaban J connectivity index is 1.88. The number of hydrogen-bond acceptors (Lipinski definition) is 3. The van der Waals surface area contributed by atoms with Crippen LogP contribution in [0.2, 0.25) is 0 Å². The topological polar surface area (TPSA) is 47.4 Å². The number of methoxy groups -OCH3 is 1. The van der Waals surface area contributed by atoms with Crippen LogP contribution >= 0.6 is 0 Å². The van der Waals surface area contributed by atoms with E-state index in [1.54, 1.807) is 24.2 Å². The molecule has 1 aromatic heterocycles. The average Bonchev–Trinajstić information content (AvgIpc) is 2.87. The number of aryl methyl sites for hydroxylation is 1. The maximum Gasteiger partial charge on any atom is 0.257 e. The molecule has 0 unspecified atom stereocenters. The van der Waals surface area contributed by atoms with E-state index in [4.69, 9.17) is 4.74 Å². The van der Waals surface area contributed by atoms with Crippen molar-refractivity contribution in [3.63, 3.8) is 0 Å². The summed E-state index contributed by atoms with van der Waals surface area (Å²) in [5.74, 6) is 0.910. The fourth-order valence-electron chi connectivity index (χ4n) is 3.22. The number of aromatic nitrogens is 2. The van der Waals surface area contributed by atoms with Crippen molar-refractivity contribution in [3.05, 3.63) is 47.8 Å². The van der Waals surface area contributed by atoms with E-state index in [2.05, 4.69) is 17.2 Å². The first-order valence-corrected chi connectivity index (χ1v) is 8.12. The second-order valence-corrected chi connectivity index (χ2v) is 6.04. The molecule has 1 saturated heterocycles. The number of carbonyl (C=O) groups excluding carboxylic acids is 1. The van der Waals surface area contributed by atoms with Crippen molar-refractivity contribution in [1.29, 1.82) is 0 Å². The first-order chi connectivity index (χ1) is 11.2. The highest BCUT2D eigenvalue weighted by Gasteiger charge is 2.28. The third-order valence-corrected chi connectivity index (χ3v) is 4.47. The first-order valence-electron chi connectivity index (χ1n) is 8.12. The smallest absolute Gasteiger partial charge is 0.257 e. The molecule has 1 amide bonds. The number of carbonyl (C=O) groups is 1. The number of likely N-dealkylation sites (tertiary alicyclic amines) is 1. The highest BCUT2D eigenvalue weighted by Crippen LogP contribution is 2.32. The van der Waals surface area contributed by atoms with Gasteiger partial charge in [-0.05, 0) is 30.5 Å². The lowest BCUT2D eigenvalue weighted by atomic mass is 10.00. The van der Waals surface area contributed by atoms with Crippen LogP contribution in [0.4, 0.5) is 0 Å². The molecule has 0 bridgehead atoms. The lowest BCUT2D eigenvalue weighted by Gasteiger charge is -2.30. The van der Waals surface area contributed by atoms with Crippen molar-refractivity contribution in [2.45, 2.75) is 31.7 Å². The number of nitrogens with zero attached hydrogens (tertiary/aromatic N) is 3. The summed E-state index contributed by atoms with van der Waals surface area (Å²) in [6.45, 7) is 0.796. The molecule has 23 heavy (non-hydrogen) atoms. The number of benzene rings is 1. The zero-order valence-corrected chi connectivity index (χ0v) is 13.7. The van der Waals surface area contributed by atoms with Gasteiger partial charge in [0.2, 0.25) is 0 Å². The molecular weight excluding hydrogens is 290 g/mol. The molecule has 0 spiro atoms. The minimum Gasteiger partial charge on any atom is -0.497 e. The Hall–Kier alpha value is -2.30. The van der Waals surface area contributed by atoms with Crippen LogP contribution in [0.3, 0.4) is 0 Å². The maximum absolute atomic E-state index is 12.9. The Kier molecular flexibility index (Phi) is 4.65. The molecule has 5 nitrogen and oxygen atoms in total. The van der Waals surface area contributed by atoms with Gasteiger partial charge in [0.05, 0.1) is 24.9 Å². The minimum absolute atomic E-state index is 0.0702. The third kappa shape index (κ3) is 3.38. The van der Waals surface area contributed by atoms with E-state index in [1.807, 2.05) is 24.1 Å². The molecule has 1 aliphatic heterocycles. The molecule has 1 aromatic carbocycles. The predicted molar refractivity (Wildman–Crippen MR) is 88.4 cm³/mol. The van der Waals surface area contributed by atoms with Crippen LogP contribution in [0.25, 0.3) is 0 Å². The van der Waals surface area contributed by atoms with Crippen molar-refractivity contribution in [3.8, 4) is 5.75 Å². The molecule has 0 radical (unpaired) electrons. The highest BCUT2D eigenvalue weighted by atomic mass is 16.5. The van der Waals surface area contributed by atoms with Gasteiger partial charge in [0.25, 0.3) is 5.91 Å². The number of ether oxygens (including phenoxy) is 1. The van der Waals surface area contributed by atoms with E-state index < -0.39 is 0 Å². The van der Waals surface area contributed by atoms with Crippen molar-refractivity contribution in [1.82, 2.24) is 14.7 Å². The van der Waals surface area contributed by atoms with E-state index in [1.165, 1.54) is 12.0 Å². The number of amides is 1. The van der Waals surface area contributed by atoms with Crippen LogP contribution in [-0.2, 0) is 7.05 Å². The van der Waals surface area contributed by atoms with Crippen LogP contribution in [-0.4, -0.2) is 34.2 Å². The van der Waals surface area contributed by atoms with Gasteiger partial charge in [0.1, 0.15) is 5.75 Å². The number of rotatable bonds is 3. The van der Waals surface area contributed by atoms with E-state index >= 15 is 0 Å². The van der Waals surface area contributed by atoms with E-state index in [0.29, 0.717) is 5.56 Å². The number of hydrogen-bond donors (Lipinski definition) is 0. The molecule has 0 N–H and O–H groups in total. The molecule has 122 valence electrons. The van der Waals surface area contributed by atoms with Gasteiger partial charge in [-0.15, -0.1) is 0 Å². The molecule has 1 atom stereocenters. The van der Waals surface area contributed by atoms with Gasteiger partial charge in [-0.3, -0.25) is 9.48 Å². The highest BCUT2D eigenvalue weighted by molar-refractivity contribution is 5.94. The minimum atomic E-state index is 0.0702. The normalized spacial score (nSPS) is 18.5. The standard InChI is InChI=1S/C18H23N3O2/c1-20-13-15(12-19-20)18(22)21-11-5-3-4-6-17(21)14-7-9-16(23-2)10-8-14/h7-10,12-13,17H,3-6,11H2,1-2H3/t17-/m0/s1. The zero-order chi connectivity index (χ0) is 16.2. The van der Waals surface area contributed by atoms with Crippen molar-refractivity contribution in [2.24, 2.45) is 7.05 Å². The molecule has 0 saturated carbocycles. The fraction of sp³-hybridized carbons (Fsp3) is 0.444. The SMILES string of the molecule is COc1ccc([C@@H]2CCCCCN2C(=O)c2cnn(C)c2)cc1. The summed E-state index contributed by atoms with van der Waals surface area (Å²) in [5.41, 5.74) is 1.83. The van der Waals surface area contributed by atoms with Crippen LogP contribution in [0.1, 0.15) is 47.6 Å². The average molecular weight is 313 g/mol. The third-order valence-electron chi connectivity index (χ3n) is 4.47. The van der Waals surface area contributed by atoms with Gasteiger partial charge in [-0.25, -0.2) is 0 Å². The van der Waals surface area contributed by atoms with Crippen molar-refractivity contribution >= 4 is 5.91 Å². The summed E-state index contributed by atoms with van der Waals surface area (Å²) >= 11 is 0. The monoisotopic (exact) mass is 313 g/mol. The largest absolute Gasteiger partial charge is 0.497 e. The molecule has 1 fully saturated rings.